The summed E-state index contributed by atoms with van der Waals surface area (Å²) in [5.41, 5.74) is 16.1. The monoisotopic (exact) mass is 665 g/mol. The molecule has 9 heteroatoms. The van der Waals surface area contributed by atoms with Crippen LogP contribution in [-0.2, 0) is 14.3 Å². The Bertz CT molecular complexity index is 1130. The number of hydrogen-bond acceptors (Lipinski definition) is 8. The molecule has 1 aliphatic heterocycles. The SMILES string of the molecule is C=CCC(=C)C.C=COC1C/C(=C/CN2/C(=C/C(=C)C(=N)N)C(=C)CC2C=O)CCCC1=C.CNC1CCC(NC)CC1.NCCC=O. The van der Waals surface area contributed by atoms with Gasteiger partial charge in [-0.15, -0.1) is 6.58 Å². The first-order valence-corrected chi connectivity index (χ1v) is 16.9. The zero-order valence-corrected chi connectivity index (χ0v) is 30.0. The third kappa shape index (κ3) is 17.9. The fourth-order valence-corrected chi connectivity index (χ4v) is 5.48. The van der Waals surface area contributed by atoms with Gasteiger partial charge in [0.05, 0.1) is 12.3 Å². The third-order valence-corrected chi connectivity index (χ3v) is 8.40. The fourth-order valence-electron chi connectivity index (χ4n) is 5.48. The van der Waals surface area contributed by atoms with Crippen molar-refractivity contribution in [1.82, 2.24) is 15.5 Å². The van der Waals surface area contributed by atoms with Gasteiger partial charge in [-0.1, -0.05) is 56.2 Å². The molecule has 2 saturated carbocycles. The topological polar surface area (TPSA) is 147 Å². The van der Waals surface area contributed by atoms with Crippen LogP contribution < -0.4 is 22.1 Å². The van der Waals surface area contributed by atoms with Crippen molar-refractivity contribution in [3.8, 4) is 0 Å². The highest BCUT2D eigenvalue weighted by Gasteiger charge is 2.30. The number of carbonyl (C=O) groups excluding carboxylic acids is 2. The van der Waals surface area contributed by atoms with Gasteiger partial charge in [-0.05, 0) is 96.2 Å². The molecule has 1 heterocycles. The molecule has 2 atom stereocenters. The van der Waals surface area contributed by atoms with Crippen LogP contribution in [0.25, 0.3) is 0 Å². The van der Waals surface area contributed by atoms with Gasteiger partial charge in [0.25, 0.3) is 0 Å². The van der Waals surface area contributed by atoms with E-state index in [-0.39, 0.29) is 18.0 Å². The maximum Gasteiger partial charge on any atom is 0.142 e. The average molecular weight is 665 g/mol. The molecule has 0 amide bonds. The smallest absolute Gasteiger partial charge is 0.142 e. The number of hydrogen-bond donors (Lipinski definition) is 5. The van der Waals surface area contributed by atoms with Crippen molar-refractivity contribution in [2.75, 3.05) is 27.2 Å². The van der Waals surface area contributed by atoms with Crippen LogP contribution in [0.15, 0.2) is 97.5 Å². The molecular formula is C39H64N6O3. The molecule has 48 heavy (non-hydrogen) atoms. The highest BCUT2D eigenvalue weighted by molar-refractivity contribution is 5.96. The highest BCUT2D eigenvalue weighted by Crippen LogP contribution is 2.33. The lowest BCUT2D eigenvalue weighted by atomic mass is 9.91. The van der Waals surface area contributed by atoms with E-state index in [0.29, 0.717) is 31.5 Å². The second-order valence-corrected chi connectivity index (χ2v) is 12.3. The fraction of sp³-hybridized carbons (Fsp3) is 0.513. The second-order valence-electron chi connectivity index (χ2n) is 12.3. The van der Waals surface area contributed by atoms with Crippen molar-refractivity contribution in [3.05, 3.63) is 97.5 Å². The molecule has 2 unspecified atom stereocenters. The summed E-state index contributed by atoms with van der Waals surface area (Å²) >= 11 is 0. The first-order chi connectivity index (χ1) is 22.9. The van der Waals surface area contributed by atoms with Crippen molar-refractivity contribution in [3.63, 3.8) is 0 Å². The lowest BCUT2D eigenvalue weighted by Crippen LogP contribution is -2.37. The molecule has 0 aromatic carbocycles. The van der Waals surface area contributed by atoms with Crippen LogP contribution in [0.2, 0.25) is 0 Å². The Balaban J connectivity index is 0.000000850. The van der Waals surface area contributed by atoms with E-state index in [1.807, 2.05) is 17.9 Å². The Hall–Kier alpha value is -3.79. The van der Waals surface area contributed by atoms with Crippen molar-refractivity contribution >= 4 is 18.4 Å². The van der Waals surface area contributed by atoms with Gasteiger partial charge in [-0.25, -0.2) is 0 Å². The van der Waals surface area contributed by atoms with E-state index in [1.165, 1.54) is 43.1 Å². The first kappa shape index (κ1) is 44.2. The minimum absolute atomic E-state index is 0.0424. The standard InChI is InChI=1S/C22H29N3O2.C8H18N2.C6H10.C3H7NO/c1-5-27-21-13-18(8-6-7-15(21)2)9-10-25-19(14-26)11-16(3)20(25)12-17(4)22(23)24;1-9-7-3-5-8(10-2)6-4-7;1-4-5-6(2)3;4-2-1-3-5/h5,9,12,14,19,21H,1-4,6-8,10-11,13H2,(H3,23,24);7-10H,3-6H2,1-2H3;4H,1-2,5H2,3H3;3H,1-2,4H2/b18-9+,20-12+;;;. The van der Waals surface area contributed by atoms with Crippen LogP contribution in [0.1, 0.15) is 77.6 Å². The van der Waals surface area contributed by atoms with Crippen LogP contribution in [0.5, 0.6) is 0 Å². The molecule has 0 spiro atoms. The number of nitrogens with one attached hydrogen (secondary N) is 3. The summed E-state index contributed by atoms with van der Waals surface area (Å²) in [5.74, 6) is -0.0881. The van der Waals surface area contributed by atoms with Crippen LogP contribution >= 0.6 is 0 Å². The normalized spacial score (nSPS) is 23.5. The van der Waals surface area contributed by atoms with Gasteiger partial charge < -0.3 is 41.3 Å². The van der Waals surface area contributed by atoms with E-state index in [1.54, 1.807) is 6.08 Å². The number of likely N-dealkylation sites (tertiary alicyclic amines) is 1. The molecule has 3 aliphatic rings. The Morgan fingerprint density at radius 3 is 2.04 bits per heavy atom. The lowest BCUT2D eigenvalue weighted by Gasteiger charge is -2.27. The number of aldehydes is 2. The summed E-state index contributed by atoms with van der Waals surface area (Å²) < 4.78 is 5.62. The number of nitrogens with two attached hydrogens (primary N) is 2. The average Bonchev–Trinajstić information content (AvgIpc) is 3.25. The molecule has 0 aromatic heterocycles. The zero-order chi connectivity index (χ0) is 36.5. The minimum Gasteiger partial charge on any atom is -0.494 e. The molecule has 3 fully saturated rings. The van der Waals surface area contributed by atoms with Gasteiger partial charge in [0.1, 0.15) is 24.5 Å². The van der Waals surface area contributed by atoms with Crippen molar-refractivity contribution in [2.24, 2.45) is 11.5 Å². The van der Waals surface area contributed by atoms with Crippen molar-refractivity contribution < 1.29 is 14.3 Å². The third-order valence-electron chi connectivity index (χ3n) is 8.40. The van der Waals surface area contributed by atoms with Crippen molar-refractivity contribution in [1.29, 1.82) is 5.41 Å². The Morgan fingerprint density at radius 2 is 1.65 bits per heavy atom. The van der Waals surface area contributed by atoms with E-state index in [9.17, 15) is 9.59 Å². The molecule has 0 radical (unpaired) electrons. The second kappa shape index (κ2) is 26.2. The quantitative estimate of drug-likeness (QED) is 0.0392. The summed E-state index contributed by atoms with van der Waals surface area (Å²) in [6.07, 6.45) is 20.0. The molecule has 2 aliphatic carbocycles. The predicted octanol–water partition coefficient (Wildman–Crippen LogP) is 6.19. The molecule has 7 N–H and O–H groups in total. The summed E-state index contributed by atoms with van der Waals surface area (Å²) in [6.45, 7) is 25.9. The summed E-state index contributed by atoms with van der Waals surface area (Å²) in [6, 6.07) is 1.30. The molecule has 0 bridgehead atoms. The maximum atomic E-state index is 11.6. The van der Waals surface area contributed by atoms with E-state index < -0.39 is 0 Å². The number of nitrogens with zero attached hydrogens (tertiary/aromatic N) is 1. The first-order valence-electron chi connectivity index (χ1n) is 16.9. The molecular weight excluding hydrogens is 600 g/mol. The predicted molar refractivity (Wildman–Crippen MR) is 204 cm³/mol. The number of ether oxygens (including phenoxy) is 1. The number of amidine groups is 1. The minimum atomic E-state index is -0.263. The Morgan fingerprint density at radius 1 is 1.04 bits per heavy atom. The van der Waals surface area contributed by atoms with E-state index in [4.69, 9.17) is 21.6 Å². The molecule has 268 valence electrons. The van der Waals surface area contributed by atoms with Crippen molar-refractivity contribution in [2.45, 2.75) is 102 Å². The maximum absolute atomic E-state index is 11.6. The molecule has 0 aromatic rings. The largest absolute Gasteiger partial charge is 0.494 e. The van der Waals surface area contributed by atoms with Gasteiger partial charge in [0.15, 0.2) is 0 Å². The summed E-state index contributed by atoms with van der Waals surface area (Å²) in [4.78, 5) is 22.9. The molecule has 3 rings (SSSR count). The van der Waals surface area contributed by atoms with E-state index in [0.717, 1.165) is 73.6 Å². The van der Waals surface area contributed by atoms with E-state index >= 15 is 0 Å². The van der Waals surface area contributed by atoms with E-state index in [2.05, 4.69) is 70.3 Å². The zero-order valence-electron chi connectivity index (χ0n) is 30.0. The van der Waals surface area contributed by atoms with Crippen LogP contribution in [0.4, 0.5) is 0 Å². The van der Waals surface area contributed by atoms with Gasteiger partial charge >= 0.3 is 0 Å². The van der Waals surface area contributed by atoms with Gasteiger partial charge in [-0.3, -0.25) is 5.41 Å². The lowest BCUT2D eigenvalue weighted by molar-refractivity contribution is -0.111. The highest BCUT2D eigenvalue weighted by atomic mass is 16.5. The van der Waals surface area contributed by atoms with Gasteiger partial charge in [0, 0.05) is 49.2 Å². The summed E-state index contributed by atoms with van der Waals surface area (Å²) in [7, 11) is 4.12. The number of allylic oxidation sites excluding steroid dienone is 3. The van der Waals surface area contributed by atoms with Gasteiger partial charge in [0.2, 0.25) is 0 Å². The number of carbonyl (C=O) groups is 2. The Labute approximate surface area is 291 Å². The van der Waals surface area contributed by atoms with Crippen LogP contribution in [-0.4, -0.2) is 74.7 Å². The Kier molecular flexibility index (Phi) is 24.1. The van der Waals surface area contributed by atoms with Gasteiger partial charge in [-0.2, -0.15) is 0 Å². The molecule has 9 nitrogen and oxygen atoms in total. The van der Waals surface area contributed by atoms with Crippen LogP contribution in [0, 0.1) is 5.41 Å². The number of rotatable bonds is 13. The van der Waals surface area contributed by atoms with Crippen LogP contribution in [0.3, 0.4) is 0 Å². The molecule has 1 saturated heterocycles. The summed E-state index contributed by atoms with van der Waals surface area (Å²) in [5, 5.41) is 14.2.